The van der Waals surface area contributed by atoms with Crippen LogP contribution in [0.25, 0.3) is 10.6 Å². The van der Waals surface area contributed by atoms with Gasteiger partial charge in [0, 0.05) is 5.56 Å². The van der Waals surface area contributed by atoms with E-state index in [1.165, 1.54) is 11.3 Å². The fourth-order valence-electron chi connectivity index (χ4n) is 2.62. The fourth-order valence-corrected chi connectivity index (χ4v) is 3.58. The number of thiazole rings is 1. The van der Waals surface area contributed by atoms with Crippen molar-refractivity contribution in [2.75, 3.05) is 14.2 Å². The normalized spacial score (nSPS) is 11.9. The molecular weight excluding hydrogens is 368 g/mol. The molecular formula is C19H24N2O5S. The first-order chi connectivity index (χ1) is 12.8. The lowest BCUT2D eigenvalue weighted by molar-refractivity contribution is -0.139. The number of amides is 1. The van der Waals surface area contributed by atoms with Crippen molar-refractivity contribution in [3.63, 3.8) is 0 Å². The van der Waals surface area contributed by atoms with E-state index in [9.17, 15) is 14.7 Å². The Hall–Kier alpha value is -2.61. The van der Waals surface area contributed by atoms with Gasteiger partial charge in [-0.25, -0.2) is 9.78 Å². The Labute approximate surface area is 162 Å². The van der Waals surface area contributed by atoms with Crippen LogP contribution in [0.4, 0.5) is 0 Å². The summed E-state index contributed by atoms with van der Waals surface area (Å²) < 4.78 is 10.5. The Kier molecular flexibility index (Phi) is 6.79. The van der Waals surface area contributed by atoms with E-state index in [0.29, 0.717) is 33.5 Å². The highest BCUT2D eigenvalue weighted by Crippen LogP contribution is 2.35. The summed E-state index contributed by atoms with van der Waals surface area (Å²) in [6.07, 6.45) is 0.363. The van der Waals surface area contributed by atoms with Crippen LogP contribution in [-0.4, -0.2) is 42.2 Å². The second-order valence-corrected chi connectivity index (χ2v) is 7.50. The number of aliphatic carboxylic acids is 1. The predicted molar refractivity (Wildman–Crippen MR) is 104 cm³/mol. The number of hydrogen-bond acceptors (Lipinski definition) is 6. The number of hydrogen-bond donors (Lipinski definition) is 2. The van der Waals surface area contributed by atoms with E-state index in [0.717, 1.165) is 5.56 Å². The number of nitrogens with one attached hydrogen (secondary N) is 1. The first kappa shape index (κ1) is 20.7. The van der Waals surface area contributed by atoms with Gasteiger partial charge in [0.1, 0.15) is 15.9 Å². The fraction of sp³-hybridized carbons (Fsp3) is 0.421. The van der Waals surface area contributed by atoms with Crippen molar-refractivity contribution >= 4 is 23.2 Å². The molecule has 0 unspecified atom stereocenters. The lowest BCUT2D eigenvalue weighted by atomic mass is 10.0. The maximum Gasteiger partial charge on any atom is 0.326 e. The van der Waals surface area contributed by atoms with Crippen LogP contribution >= 0.6 is 11.3 Å². The molecule has 1 atom stereocenters. The number of ether oxygens (including phenoxy) is 2. The number of methoxy groups -OCH3 is 2. The van der Waals surface area contributed by atoms with E-state index in [2.05, 4.69) is 10.3 Å². The number of carbonyl (C=O) groups excluding carboxylic acids is 1. The first-order valence-electron chi connectivity index (χ1n) is 8.50. The molecule has 1 aromatic heterocycles. The van der Waals surface area contributed by atoms with Crippen molar-refractivity contribution in [2.45, 2.75) is 33.2 Å². The summed E-state index contributed by atoms with van der Waals surface area (Å²) in [4.78, 5) is 28.8. The highest BCUT2D eigenvalue weighted by Gasteiger charge is 2.24. The van der Waals surface area contributed by atoms with E-state index in [1.54, 1.807) is 33.3 Å². The Morgan fingerprint density at radius 1 is 1.22 bits per heavy atom. The second-order valence-electron chi connectivity index (χ2n) is 6.50. The van der Waals surface area contributed by atoms with Gasteiger partial charge < -0.3 is 19.9 Å². The summed E-state index contributed by atoms with van der Waals surface area (Å²) in [7, 11) is 3.11. The molecule has 2 N–H and O–H groups in total. The summed E-state index contributed by atoms with van der Waals surface area (Å²) in [6, 6.07) is 4.47. The number of aryl methyl sites for hydroxylation is 1. The molecule has 0 bridgehead atoms. The number of carbonyl (C=O) groups is 2. The molecule has 2 aromatic rings. The van der Waals surface area contributed by atoms with Crippen LogP contribution in [0.2, 0.25) is 0 Å². The zero-order chi connectivity index (χ0) is 20.1. The van der Waals surface area contributed by atoms with Crippen molar-refractivity contribution < 1.29 is 24.2 Å². The van der Waals surface area contributed by atoms with Crippen molar-refractivity contribution in [3.8, 4) is 22.1 Å². The van der Waals surface area contributed by atoms with E-state index in [4.69, 9.17) is 9.47 Å². The largest absolute Gasteiger partial charge is 0.493 e. The number of carboxylic acids is 1. The second kappa shape index (κ2) is 8.85. The summed E-state index contributed by atoms with van der Waals surface area (Å²) in [5, 5.41) is 12.6. The van der Waals surface area contributed by atoms with E-state index < -0.39 is 17.9 Å². The Morgan fingerprint density at radius 3 is 2.44 bits per heavy atom. The molecule has 0 aliphatic heterocycles. The molecule has 8 heteroatoms. The Balaban J connectivity index is 2.27. The highest BCUT2D eigenvalue weighted by molar-refractivity contribution is 7.17. The van der Waals surface area contributed by atoms with Crippen LogP contribution in [0, 0.1) is 12.8 Å². The van der Waals surface area contributed by atoms with Crippen molar-refractivity contribution in [2.24, 2.45) is 5.92 Å². The van der Waals surface area contributed by atoms with Gasteiger partial charge in [0.2, 0.25) is 0 Å². The molecule has 0 fully saturated rings. The average molecular weight is 392 g/mol. The molecule has 1 heterocycles. The minimum absolute atomic E-state index is 0.149. The molecule has 0 saturated carbocycles. The van der Waals surface area contributed by atoms with Gasteiger partial charge in [0.05, 0.1) is 19.9 Å². The lowest BCUT2D eigenvalue weighted by Gasteiger charge is -2.15. The minimum atomic E-state index is -1.04. The standard InChI is InChI=1S/C19H24N2O5S/c1-10(2)8-13(19(23)24)21-17(22)16-11(3)20-18(27-16)12-6-7-14(25-4)15(9-12)26-5/h6-7,9-10,13H,8H2,1-5H3,(H,21,22)(H,23,24)/t13-/m0/s1. The molecule has 0 spiro atoms. The van der Waals surface area contributed by atoms with Gasteiger partial charge in [-0.2, -0.15) is 0 Å². The summed E-state index contributed by atoms with van der Waals surface area (Å²) >= 11 is 1.21. The average Bonchev–Trinajstić information content (AvgIpc) is 3.01. The molecule has 2 rings (SSSR count). The molecule has 1 aromatic carbocycles. The molecule has 0 aliphatic carbocycles. The van der Waals surface area contributed by atoms with E-state index in [1.807, 2.05) is 19.9 Å². The Morgan fingerprint density at radius 2 is 1.89 bits per heavy atom. The number of benzene rings is 1. The van der Waals surface area contributed by atoms with Crippen LogP contribution < -0.4 is 14.8 Å². The molecule has 7 nitrogen and oxygen atoms in total. The lowest BCUT2D eigenvalue weighted by Crippen LogP contribution is -2.41. The zero-order valence-electron chi connectivity index (χ0n) is 16.0. The molecule has 1 amide bonds. The molecule has 0 aliphatic rings. The third kappa shape index (κ3) is 4.97. The number of rotatable bonds is 8. The van der Waals surface area contributed by atoms with Crippen LogP contribution in [0.3, 0.4) is 0 Å². The quantitative estimate of drug-likeness (QED) is 0.715. The third-order valence-corrected chi connectivity index (χ3v) is 5.15. The first-order valence-corrected chi connectivity index (χ1v) is 9.32. The Bertz CT molecular complexity index is 832. The van der Waals surface area contributed by atoms with Gasteiger partial charge in [0.15, 0.2) is 11.5 Å². The van der Waals surface area contributed by atoms with Gasteiger partial charge in [-0.3, -0.25) is 4.79 Å². The molecule has 0 saturated heterocycles. The van der Waals surface area contributed by atoms with Gasteiger partial charge >= 0.3 is 5.97 Å². The van der Waals surface area contributed by atoms with Crippen LogP contribution in [0.5, 0.6) is 11.5 Å². The molecule has 27 heavy (non-hydrogen) atoms. The monoisotopic (exact) mass is 392 g/mol. The van der Waals surface area contributed by atoms with Crippen molar-refractivity contribution in [3.05, 3.63) is 28.8 Å². The van der Waals surface area contributed by atoms with Gasteiger partial charge in [-0.05, 0) is 37.5 Å². The minimum Gasteiger partial charge on any atom is -0.493 e. The van der Waals surface area contributed by atoms with Crippen LogP contribution in [0.1, 0.15) is 35.6 Å². The molecule has 146 valence electrons. The van der Waals surface area contributed by atoms with Gasteiger partial charge in [-0.15, -0.1) is 11.3 Å². The zero-order valence-corrected chi connectivity index (χ0v) is 16.8. The van der Waals surface area contributed by atoms with Crippen molar-refractivity contribution in [1.29, 1.82) is 0 Å². The highest BCUT2D eigenvalue weighted by atomic mass is 32.1. The molecule has 0 radical (unpaired) electrons. The van der Waals surface area contributed by atoms with Crippen LogP contribution in [0.15, 0.2) is 18.2 Å². The third-order valence-electron chi connectivity index (χ3n) is 3.94. The van der Waals surface area contributed by atoms with E-state index >= 15 is 0 Å². The maximum atomic E-state index is 12.6. The predicted octanol–water partition coefficient (Wildman–Crippen LogP) is 3.36. The SMILES string of the molecule is COc1ccc(-c2nc(C)c(C(=O)N[C@@H](CC(C)C)C(=O)O)s2)cc1OC. The van der Waals surface area contributed by atoms with Crippen LogP contribution in [-0.2, 0) is 4.79 Å². The van der Waals surface area contributed by atoms with Gasteiger partial charge in [0.25, 0.3) is 5.91 Å². The maximum absolute atomic E-state index is 12.6. The number of carboxylic acid groups (broad SMARTS) is 1. The summed E-state index contributed by atoms with van der Waals surface area (Å²) in [5.41, 5.74) is 1.34. The van der Waals surface area contributed by atoms with Crippen molar-refractivity contribution in [1.82, 2.24) is 10.3 Å². The topological polar surface area (TPSA) is 97.8 Å². The smallest absolute Gasteiger partial charge is 0.326 e. The van der Waals surface area contributed by atoms with Gasteiger partial charge in [-0.1, -0.05) is 13.8 Å². The van der Waals surface area contributed by atoms with E-state index in [-0.39, 0.29) is 5.92 Å². The number of nitrogens with zero attached hydrogens (tertiary/aromatic N) is 1. The number of aromatic nitrogens is 1. The summed E-state index contributed by atoms with van der Waals surface area (Å²) in [6.45, 7) is 5.55. The summed E-state index contributed by atoms with van der Waals surface area (Å²) in [5.74, 6) is -0.150.